The fourth-order valence-corrected chi connectivity index (χ4v) is 2.75. The second-order valence-electron chi connectivity index (χ2n) is 5.79. The summed E-state index contributed by atoms with van der Waals surface area (Å²) in [6, 6.07) is 15.0. The van der Waals surface area contributed by atoms with Gasteiger partial charge in [0.2, 0.25) is 0 Å². The van der Waals surface area contributed by atoms with Crippen LogP contribution in [0.4, 0.5) is 13.2 Å². The van der Waals surface area contributed by atoms with Crippen LogP contribution in [0.1, 0.15) is 21.5 Å². The normalized spacial score (nSPS) is 11.3. The summed E-state index contributed by atoms with van der Waals surface area (Å²) >= 11 is 6.10. The van der Waals surface area contributed by atoms with E-state index in [-0.39, 0.29) is 12.5 Å². The van der Waals surface area contributed by atoms with E-state index in [1.807, 2.05) is 0 Å². The smallest absolute Gasteiger partial charge is 0.348 e. The Morgan fingerprint density at radius 2 is 1.78 bits per heavy atom. The Bertz CT molecular complexity index is 956. The molecule has 0 saturated carbocycles. The van der Waals surface area contributed by atoms with Crippen molar-refractivity contribution in [3.8, 4) is 11.3 Å². The van der Waals surface area contributed by atoms with Gasteiger partial charge in [0.25, 0.3) is 5.91 Å². The molecule has 1 aromatic heterocycles. The number of hydrogen-bond acceptors (Lipinski definition) is 2. The lowest BCUT2D eigenvalue weighted by molar-refractivity contribution is -0.137. The first-order valence-electron chi connectivity index (χ1n) is 8.00. The standard InChI is InChI=1S/C20H14ClF3N2O/c21-17-5-2-10-25-18(17)14-6-8-15(9-7-14)19(27)26-12-13-3-1-4-16(11-13)20(22,23)24/h1-11H,12H2,(H,26,27). The Balaban J connectivity index is 1.68. The van der Waals surface area contributed by atoms with Gasteiger partial charge in [0.15, 0.2) is 0 Å². The third kappa shape index (κ3) is 4.65. The molecule has 1 heterocycles. The first-order chi connectivity index (χ1) is 12.8. The Morgan fingerprint density at radius 1 is 1.04 bits per heavy atom. The molecule has 0 atom stereocenters. The van der Waals surface area contributed by atoms with E-state index in [1.165, 1.54) is 12.1 Å². The largest absolute Gasteiger partial charge is 0.416 e. The lowest BCUT2D eigenvalue weighted by Gasteiger charge is -2.10. The highest BCUT2D eigenvalue weighted by Gasteiger charge is 2.30. The van der Waals surface area contributed by atoms with E-state index in [0.717, 1.165) is 17.7 Å². The van der Waals surface area contributed by atoms with Crippen LogP contribution in [0.2, 0.25) is 5.02 Å². The molecule has 1 N–H and O–H groups in total. The number of nitrogens with one attached hydrogen (secondary N) is 1. The molecule has 1 amide bonds. The molecule has 3 rings (SSSR count). The summed E-state index contributed by atoms with van der Waals surface area (Å²) in [6.07, 6.45) is -2.79. The van der Waals surface area contributed by atoms with Crippen molar-refractivity contribution >= 4 is 17.5 Å². The maximum atomic E-state index is 12.7. The molecule has 0 unspecified atom stereocenters. The van der Waals surface area contributed by atoms with Crippen LogP contribution >= 0.6 is 11.6 Å². The second kappa shape index (κ2) is 7.80. The van der Waals surface area contributed by atoms with Crippen LogP contribution in [0.5, 0.6) is 0 Å². The number of halogens is 4. The van der Waals surface area contributed by atoms with Gasteiger partial charge in [0.1, 0.15) is 0 Å². The predicted octanol–water partition coefficient (Wildman–Crippen LogP) is 5.35. The van der Waals surface area contributed by atoms with Gasteiger partial charge in [-0.05, 0) is 42.0 Å². The number of benzene rings is 2. The van der Waals surface area contributed by atoms with Gasteiger partial charge in [-0.25, -0.2) is 0 Å². The summed E-state index contributed by atoms with van der Waals surface area (Å²) < 4.78 is 38.2. The number of aromatic nitrogens is 1. The first kappa shape index (κ1) is 18.9. The third-order valence-electron chi connectivity index (χ3n) is 3.89. The number of amides is 1. The molecule has 0 aliphatic heterocycles. The van der Waals surface area contributed by atoms with Crippen molar-refractivity contribution in [1.82, 2.24) is 10.3 Å². The lowest BCUT2D eigenvalue weighted by atomic mass is 10.1. The van der Waals surface area contributed by atoms with Crippen LogP contribution < -0.4 is 5.32 Å². The average Bonchev–Trinajstić information content (AvgIpc) is 2.66. The molecule has 138 valence electrons. The minimum absolute atomic E-state index is 0.00340. The molecule has 0 aliphatic rings. The number of pyridine rings is 1. The van der Waals surface area contributed by atoms with Crippen LogP contribution in [0.25, 0.3) is 11.3 Å². The van der Waals surface area contributed by atoms with Crippen molar-refractivity contribution in [2.75, 3.05) is 0 Å². The number of rotatable bonds is 4. The summed E-state index contributed by atoms with van der Waals surface area (Å²) in [5, 5.41) is 3.12. The zero-order chi connectivity index (χ0) is 19.4. The van der Waals surface area contributed by atoms with Crippen molar-refractivity contribution in [2.24, 2.45) is 0 Å². The SMILES string of the molecule is O=C(NCc1cccc(C(F)(F)F)c1)c1ccc(-c2ncccc2Cl)cc1. The summed E-state index contributed by atoms with van der Waals surface area (Å²) in [7, 11) is 0. The number of alkyl halides is 3. The van der Waals surface area contributed by atoms with Crippen LogP contribution in [0, 0.1) is 0 Å². The maximum Gasteiger partial charge on any atom is 0.416 e. The van der Waals surface area contributed by atoms with Crippen molar-refractivity contribution in [3.63, 3.8) is 0 Å². The quantitative estimate of drug-likeness (QED) is 0.652. The molecule has 0 spiro atoms. The first-order valence-corrected chi connectivity index (χ1v) is 8.38. The van der Waals surface area contributed by atoms with Crippen LogP contribution in [0.3, 0.4) is 0 Å². The second-order valence-corrected chi connectivity index (χ2v) is 6.20. The minimum Gasteiger partial charge on any atom is -0.348 e. The van der Waals surface area contributed by atoms with E-state index in [1.54, 1.807) is 42.6 Å². The van der Waals surface area contributed by atoms with Crippen LogP contribution in [-0.2, 0) is 12.7 Å². The third-order valence-corrected chi connectivity index (χ3v) is 4.19. The molecule has 0 aliphatic carbocycles. The van der Waals surface area contributed by atoms with Gasteiger partial charge in [-0.2, -0.15) is 13.2 Å². The molecule has 3 nitrogen and oxygen atoms in total. The van der Waals surface area contributed by atoms with E-state index in [9.17, 15) is 18.0 Å². The molecule has 0 bridgehead atoms. The Labute approximate surface area is 158 Å². The molecule has 2 aromatic carbocycles. The topological polar surface area (TPSA) is 42.0 Å². The molecular formula is C20H14ClF3N2O. The van der Waals surface area contributed by atoms with Crippen molar-refractivity contribution in [2.45, 2.75) is 12.7 Å². The number of nitrogens with zero attached hydrogens (tertiary/aromatic N) is 1. The minimum atomic E-state index is -4.41. The van der Waals surface area contributed by atoms with Crippen molar-refractivity contribution in [1.29, 1.82) is 0 Å². The van der Waals surface area contributed by atoms with E-state index < -0.39 is 11.7 Å². The van der Waals surface area contributed by atoms with Gasteiger partial charge in [-0.3, -0.25) is 9.78 Å². The highest BCUT2D eigenvalue weighted by atomic mass is 35.5. The summed E-state index contributed by atoms with van der Waals surface area (Å²) in [6.45, 7) is -0.00340. The lowest BCUT2D eigenvalue weighted by Crippen LogP contribution is -2.23. The molecule has 27 heavy (non-hydrogen) atoms. The summed E-state index contributed by atoms with van der Waals surface area (Å²) in [5.74, 6) is -0.383. The molecule has 7 heteroatoms. The van der Waals surface area contributed by atoms with Crippen molar-refractivity contribution < 1.29 is 18.0 Å². The summed E-state index contributed by atoms with van der Waals surface area (Å²) in [4.78, 5) is 16.4. The van der Waals surface area contributed by atoms with Gasteiger partial charge in [-0.1, -0.05) is 35.9 Å². The fraction of sp³-hybridized carbons (Fsp3) is 0.100. The molecule has 3 aromatic rings. The predicted molar refractivity (Wildman–Crippen MR) is 97.3 cm³/mol. The fourth-order valence-electron chi connectivity index (χ4n) is 2.52. The summed E-state index contributed by atoms with van der Waals surface area (Å²) in [5.41, 5.74) is 1.38. The van der Waals surface area contributed by atoms with Gasteiger partial charge in [0, 0.05) is 23.9 Å². The highest BCUT2D eigenvalue weighted by molar-refractivity contribution is 6.33. The van der Waals surface area contributed by atoms with Crippen LogP contribution in [-0.4, -0.2) is 10.9 Å². The van der Waals surface area contributed by atoms with Gasteiger partial charge in [0.05, 0.1) is 16.3 Å². The number of carbonyl (C=O) groups excluding carboxylic acids is 1. The molecule has 0 saturated heterocycles. The van der Waals surface area contributed by atoms with Gasteiger partial charge in [-0.15, -0.1) is 0 Å². The maximum absolute atomic E-state index is 12.7. The monoisotopic (exact) mass is 390 g/mol. The molecular weight excluding hydrogens is 377 g/mol. The zero-order valence-electron chi connectivity index (χ0n) is 13.9. The van der Waals surface area contributed by atoms with E-state index in [4.69, 9.17) is 11.6 Å². The number of hydrogen-bond donors (Lipinski definition) is 1. The Hall–Kier alpha value is -2.86. The Kier molecular flexibility index (Phi) is 5.46. The van der Waals surface area contributed by atoms with Crippen molar-refractivity contribution in [3.05, 3.63) is 88.6 Å². The Morgan fingerprint density at radius 3 is 2.44 bits per heavy atom. The van der Waals surface area contributed by atoms with E-state index in [0.29, 0.717) is 21.8 Å². The van der Waals surface area contributed by atoms with E-state index >= 15 is 0 Å². The van der Waals surface area contributed by atoms with Gasteiger partial charge < -0.3 is 5.32 Å². The number of carbonyl (C=O) groups is 1. The average molecular weight is 391 g/mol. The van der Waals surface area contributed by atoms with E-state index in [2.05, 4.69) is 10.3 Å². The molecule has 0 fully saturated rings. The van der Waals surface area contributed by atoms with Crippen LogP contribution in [0.15, 0.2) is 66.9 Å². The zero-order valence-corrected chi connectivity index (χ0v) is 14.7. The van der Waals surface area contributed by atoms with Gasteiger partial charge >= 0.3 is 6.18 Å². The highest BCUT2D eigenvalue weighted by Crippen LogP contribution is 2.29. The molecule has 0 radical (unpaired) electrons.